The molecular formula is C10H12N2S. The number of rotatable bonds is 2. The van der Waals surface area contributed by atoms with E-state index < -0.39 is 0 Å². The van der Waals surface area contributed by atoms with Gasteiger partial charge in [0.05, 0.1) is 11.3 Å². The van der Waals surface area contributed by atoms with Crippen molar-refractivity contribution in [1.82, 2.24) is 4.98 Å². The molecule has 0 atom stereocenters. The van der Waals surface area contributed by atoms with E-state index in [1.54, 1.807) is 11.8 Å². The molecule has 0 saturated heterocycles. The van der Waals surface area contributed by atoms with Crippen LogP contribution in [0.4, 0.5) is 0 Å². The van der Waals surface area contributed by atoms with Crippen LogP contribution >= 0.6 is 11.8 Å². The fourth-order valence-corrected chi connectivity index (χ4v) is 2.10. The highest BCUT2D eigenvalue weighted by Crippen LogP contribution is 2.24. The Hall–Kier alpha value is -1.01. The standard InChI is InChI=1S/C10H12N2S/c1-4-13-10-5-7(2)12-8(3)9(10)6-11/h5H,4H2,1-3H3. The van der Waals surface area contributed by atoms with Gasteiger partial charge in [0, 0.05) is 10.6 Å². The molecule has 68 valence electrons. The van der Waals surface area contributed by atoms with Crippen molar-refractivity contribution in [3.8, 4) is 6.07 Å². The van der Waals surface area contributed by atoms with E-state index in [1.807, 2.05) is 19.9 Å². The molecule has 1 heterocycles. The Morgan fingerprint density at radius 2 is 2.23 bits per heavy atom. The van der Waals surface area contributed by atoms with Crippen molar-refractivity contribution in [2.24, 2.45) is 0 Å². The zero-order valence-corrected chi connectivity index (χ0v) is 8.90. The molecule has 0 unspecified atom stereocenters. The Kier molecular flexibility index (Phi) is 3.32. The molecule has 13 heavy (non-hydrogen) atoms. The van der Waals surface area contributed by atoms with Crippen LogP contribution in [0.2, 0.25) is 0 Å². The third-order valence-electron chi connectivity index (χ3n) is 1.70. The Morgan fingerprint density at radius 3 is 2.77 bits per heavy atom. The van der Waals surface area contributed by atoms with Crippen LogP contribution in [0, 0.1) is 25.2 Å². The highest BCUT2D eigenvalue weighted by molar-refractivity contribution is 7.99. The van der Waals surface area contributed by atoms with Crippen LogP contribution in [0.1, 0.15) is 23.9 Å². The lowest BCUT2D eigenvalue weighted by atomic mass is 10.2. The lowest BCUT2D eigenvalue weighted by Crippen LogP contribution is -1.94. The van der Waals surface area contributed by atoms with Gasteiger partial charge in [0.2, 0.25) is 0 Å². The average molecular weight is 192 g/mol. The molecule has 1 rings (SSSR count). The van der Waals surface area contributed by atoms with Gasteiger partial charge < -0.3 is 0 Å². The molecule has 0 spiro atoms. The second-order valence-electron chi connectivity index (χ2n) is 2.77. The third-order valence-corrected chi connectivity index (χ3v) is 2.63. The summed E-state index contributed by atoms with van der Waals surface area (Å²) in [6, 6.07) is 4.16. The summed E-state index contributed by atoms with van der Waals surface area (Å²) in [7, 11) is 0. The van der Waals surface area contributed by atoms with E-state index in [1.165, 1.54) is 0 Å². The maximum Gasteiger partial charge on any atom is 0.102 e. The molecule has 0 amide bonds. The average Bonchev–Trinajstić information content (AvgIpc) is 2.04. The number of aryl methyl sites for hydroxylation is 2. The molecule has 0 aliphatic heterocycles. The lowest BCUT2D eigenvalue weighted by Gasteiger charge is -2.05. The minimum absolute atomic E-state index is 0.720. The summed E-state index contributed by atoms with van der Waals surface area (Å²) in [4.78, 5) is 5.30. The van der Waals surface area contributed by atoms with Crippen LogP contribution in [-0.4, -0.2) is 10.7 Å². The predicted molar refractivity (Wildman–Crippen MR) is 54.8 cm³/mol. The van der Waals surface area contributed by atoms with E-state index in [4.69, 9.17) is 5.26 Å². The summed E-state index contributed by atoms with van der Waals surface area (Å²) in [6.45, 7) is 5.91. The fraction of sp³-hybridized carbons (Fsp3) is 0.400. The first-order valence-electron chi connectivity index (χ1n) is 4.20. The largest absolute Gasteiger partial charge is 0.257 e. The number of hydrogen-bond donors (Lipinski definition) is 0. The van der Waals surface area contributed by atoms with Crippen molar-refractivity contribution >= 4 is 11.8 Å². The zero-order chi connectivity index (χ0) is 9.84. The maximum atomic E-state index is 8.91. The van der Waals surface area contributed by atoms with Crippen molar-refractivity contribution in [1.29, 1.82) is 5.26 Å². The summed E-state index contributed by atoms with van der Waals surface area (Å²) in [6.07, 6.45) is 0. The highest BCUT2D eigenvalue weighted by Gasteiger charge is 2.06. The van der Waals surface area contributed by atoms with Gasteiger partial charge in [-0.15, -0.1) is 11.8 Å². The molecule has 3 heteroatoms. The van der Waals surface area contributed by atoms with Crippen molar-refractivity contribution in [2.45, 2.75) is 25.7 Å². The molecule has 0 radical (unpaired) electrons. The molecule has 0 aliphatic carbocycles. The van der Waals surface area contributed by atoms with Gasteiger partial charge in [0.15, 0.2) is 0 Å². The minimum Gasteiger partial charge on any atom is -0.257 e. The maximum absolute atomic E-state index is 8.91. The SMILES string of the molecule is CCSc1cc(C)nc(C)c1C#N. The summed E-state index contributed by atoms with van der Waals surface area (Å²) >= 11 is 1.69. The molecule has 0 N–H and O–H groups in total. The Balaban J connectivity index is 3.23. The van der Waals surface area contributed by atoms with Gasteiger partial charge in [0.25, 0.3) is 0 Å². The van der Waals surface area contributed by atoms with Gasteiger partial charge in [-0.05, 0) is 25.7 Å². The Labute approximate surface area is 83.0 Å². The molecule has 0 saturated carbocycles. The molecular weight excluding hydrogens is 180 g/mol. The monoisotopic (exact) mass is 192 g/mol. The van der Waals surface area contributed by atoms with Gasteiger partial charge >= 0.3 is 0 Å². The van der Waals surface area contributed by atoms with Crippen LogP contribution in [0.25, 0.3) is 0 Å². The van der Waals surface area contributed by atoms with E-state index in [0.717, 1.165) is 27.6 Å². The Bertz CT molecular complexity index is 353. The van der Waals surface area contributed by atoms with Gasteiger partial charge in [-0.25, -0.2) is 0 Å². The van der Waals surface area contributed by atoms with E-state index in [0.29, 0.717) is 0 Å². The first kappa shape index (κ1) is 10.1. The van der Waals surface area contributed by atoms with E-state index in [2.05, 4.69) is 18.0 Å². The molecule has 1 aromatic rings. The van der Waals surface area contributed by atoms with E-state index in [9.17, 15) is 0 Å². The first-order valence-corrected chi connectivity index (χ1v) is 5.18. The summed E-state index contributed by atoms with van der Waals surface area (Å²) in [5.41, 5.74) is 2.53. The van der Waals surface area contributed by atoms with E-state index >= 15 is 0 Å². The fourth-order valence-electron chi connectivity index (χ4n) is 1.20. The minimum atomic E-state index is 0.720. The topological polar surface area (TPSA) is 36.7 Å². The third kappa shape index (κ3) is 2.22. The van der Waals surface area contributed by atoms with Crippen LogP contribution in [-0.2, 0) is 0 Å². The quantitative estimate of drug-likeness (QED) is 0.676. The van der Waals surface area contributed by atoms with Gasteiger partial charge in [-0.1, -0.05) is 6.92 Å². The van der Waals surface area contributed by atoms with Crippen LogP contribution in [0.3, 0.4) is 0 Å². The summed E-state index contributed by atoms with van der Waals surface area (Å²) in [5, 5.41) is 8.91. The summed E-state index contributed by atoms with van der Waals surface area (Å²) < 4.78 is 0. The van der Waals surface area contributed by atoms with Crippen LogP contribution in [0.5, 0.6) is 0 Å². The van der Waals surface area contributed by atoms with Gasteiger partial charge in [-0.2, -0.15) is 5.26 Å². The number of nitriles is 1. The van der Waals surface area contributed by atoms with Gasteiger partial charge in [0.1, 0.15) is 6.07 Å². The molecule has 0 aliphatic rings. The molecule has 0 aromatic carbocycles. The van der Waals surface area contributed by atoms with Gasteiger partial charge in [-0.3, -0.25) is 4.98 Å². The molecule has 0 bridgehead atoms. The van der Waals surface area contributed by atoms with Crippen molar-refractivity contribution in [3.05, 3.63) is 23.0 Å². The van der Waals surface area contributed by atoms with Crippen molar-refractivity contribution in [3.63, 3.8) is 0 Å². The summed E-state index contributed by atoms with van der Waals surface area (Å²) in [5.74, 6) is 0.984. The number of aromatic nitrogens is 1. The number of thioether (sulfide) groups is 1. The molecule has 2 nitrogen and oxygen atoms in total. The van der Waals surface area contributed by atoms with Crippen molar-refractivity contribution in [2.75, 3.05) is 5.75 Å². The lowest BCUT2D eigenvalue weighted by molar-refractivity contribution is 1.07. The van der Waals surface area contributed by atoms with E-state index in [-0.39, 0.29) is 0 Å². The smallest absolute Gasteiger partial charge is 0.102 e. The zero-order valence-electron chi connectivity index (χ0n) is 8.09. The second kappa shape index (κ2) is 4.29. The Morgan fingerprint density at radius 1 is 1.54 bits per heavy atom. The van der Waals surface area contributed by atoms with Crippen LogP contribution < -0.4 is 0 Å². The molecule has 1 aromatic heterocycles. The predicted octanol–water partition coefficient (Wildman–Crippen LogP) is 2.68. The number of hydrogen-bond acceptors (Lipinski definition) is 3. The molecule has 0 fully saturated rings. The van der Waals surface area contributed by atoms with Crippen LogP contribution in [0.15, 0.2) is 11.0 Å². The first-order chi connectivity index (χ1) is 6.19. The normalized spacial score (nSPS) is 9.69. The highest BCUT2D eigenvalue weighted by atomic mass is 32.2. The van der Waals surface area contributed by atoms with Crippen molar-refractivity contribution < 1.29 is 0 Å². The number of pyridine rings is 1. The number of nitrogens with zero attached hydrogens (tertiary/aromatic N) is 2. The second-order valence-corrected chi connectivity index (χ2v) is 4.07.